The lowest BCUT2D eigenvalue weighted by Gasteiger charge is -2.18. The number of carbonyl (C=O) groups excluding carboxylic acids is 2. The molecular formula is C8H17N3O2. The molecular weight excluding hydrogens is 170 g/mol. The molecule has 0 saturated carbocycles. The van der Waals surface area contributed by atoms with Gasteiger partial charge in [0.2, 0.25) is 11.8 Å². The Morgan fingerprint density at radius 1 is 1.54 bits per heavy atom. The largest absolute Gasteiger partial charge is 0.355 e. The van der Waals surface area contributed by atoms with Gasteiger partial charge in [-0.25, -0.2) is 0 Å². The van der Waals surface area contributed by atoms with Gasteiger partial charge in [0.1, 0.15) is 0 Å². The number of rotatable bonds is 4. The van der Waals surface area contributed by atoms with Crippen molar-refractivity contribution in [2.45, 2.75) is 19.9 Å². The molecule has 0 unspecified atom stereocenters. The zero-order chi connectivity index (χ0) is 10.4. The van der Waals surface area contributed by atoms with Crippen LogP contribution in [-0.4, -0.2) is 42.9 Å². The van der Waals surface area contributed by atoms with E-state index in [9.17, 15) is 9.59 Å². The minimum Gasteiger partial charge on any atom is -0.355 e. The van der Waals surface area contributed by atoms with Gasteiger partial charge in [-0.2, -0.15) is 0 Å². The fraction of sp³-hybridized carbons (Fsp3) is 0.750. The van der Waals surface area contributed by atoms with Crippen LogP contribution in [0.15, 0.2) is 0 Å². The van der Waals surface area contributed by atoms with Crippen molar-refractivity contribution >= 4 is 11.8 Å². The van der Waals surface area contributed by atoms with E-state index in [0.717, 1.165) is 0 Å². The summed E-state index contributed by atoms with van der Waals surface area (Å²) in [6, 6.07) is -0.556. The second-order valence-electron chi connectivity index (χ2n) is 2.94. The average Bonchev–Trinajstić information content (AvgIpc) is 2.03. The van der Waals surface area contributed by atoms with Gasteiger partial charge < -0.3 is 16.0 Å². The smallest absolute Gasteiger partial charge is 0.239 e. The second kappa shape index (κ2) is 5.53. The highest BCUT2D eigenvalue weighted by molar-refractivity contribution is 5.86. The van der Waals surface area contributed by atoms with Gasteiger partial charge in [-0.15, -0.1) is 0 Å². The third-order valence-electron chi connectivity index (χ3n) is 1.52. The number of likely N-dealkylation sites (N-methyl/N-ethyl adjacent to an activating group) is 2. The lowest BCUT2D eigenvalue weighted by Crippen LogP contribution is -2.44. The molecule has 0 rings (SSSR count). The zero-order valence-corrected chi connectivity index (χ0v) is 8.33. The Hall–Kier alpha value is -1.10. The number of hydrogen-bond acceptors (Lipinski definition) is 3. The number of carbonyl (C=O) groups is 2. The minimum atomic E-state index is -0.556. The average molecular weight is 187 g/mol. The molecule has 3 N–H and O–H groups in total. The van der Waals surface area contributed by atoms with Crippen LogP contribution in [0.1, 0.15) is 13.8 Å². The number of nitrogens with two attached hydrogens (primary N) is 1. The van der Waals surface area contributed by atoms with E-state index in [1.807, 2.05) is 6.92 Å². The van der Waals surface area contributed by atoms with Gasteiger partial charge in [0.25, 0.3) is 0 Å². The summed E-state index contributed by atoms with van der Waals surface area (Å²) in [7, 11) is 1.56. The Morgan fingerprint density at radius 3 is 2.46 bits per heavy atom. The molecule has 0 radical (unpaired) electrons. The highest BCUT2D eigenvalue weighted by Gasteiger charge is 2.15. The standard InChI is InChI=1S/C8H17N3O2/c1-4-10-7(12)5-11(3)8(13)6(2)9/h6H,4-5,9H2,1-3H3,(H,10,12)/t6-/m1/s1. The van der Waals surface area contributed by atoms with Crippen LogP contribution < -0.4 is 11.1 Å². The third-order valence-corrected chi connectivity index (χ3v) is 1.52. The first kappa shape index (κ1) is 11.9. The summed E-state index contributed by atoms with van der Waals surface area (Å²) in [6.07, 6.45) is 0. The Kier molecular flexibility index (Phi) is 5.06. The van der Waals surface area contributed by atoms with E-state index in [0.29, 0.717) is 6.54 Å². The van der Waals surface area contributed by atoms with Crippen molar-refractivity contribution in [3.63, 3.8) is 0 Å². The monoisotopic (exact) mass is 187 g/mol. The highest BCUT2D eigenvalue weighted by atomic mass is 16.2. The topological polar surface area (TPSA) is 75.4 Å². The molecule has 5 heteroatoms. The van der Waals surface area contributed by atoms with Crippen LogP contribution in [0.2, 0.25) is 0 Å². The molecule has 0 saturated heterocycles. The first-order valence-electron chi connectivity index (χ1n) is 4.26. The minimum absolute atomic E-state index is 0.0637. The van der Waals surface area contributed by atoms with Crippen molar-refractivity contribution < 1.29 is 9.59 Å². The van der Waals surface area contributed by atoms with E-state index in [4.69, 9.17) is 5.73 Å². The van der Waals surface area contributed by atoms with Gasteiger partial charge in [-0.1, -0.05) is 0 Å². The summed E-state index contributed by atoms with van der Waals surface area (Å²) < 4.78 is 0. The van der Waals surface area contributed by atoms with E-state index >= 15 is 0 Å². The summed E-state index contributed by atoms with van der Waals surface area (Å²) in [4.78, 5) is 23.6. The quantitative estimate of drug-likeness (QED) is 0.588. The number of nitrogens with zero attached hydrogens (tertiary/aromatic N) is 1. The van der Waals surface area contributed by atoms with Crippen LogP contribution in [0.5, 0.6) is 0 Å². The molecule has 13 heavy (non-hydrogen) atoms. The fourth-order valence-corrected chi connectivity index (χ4v) is 0.894. The summed E-state index contributed by atoms with van der Waals surface area (Å²) in [5.41, 5.74) is 5.36. The van der Waals surface area contributed by atoms with Crippen molar-refractivity contribution in [2.24, 2.45) is 5.73 Å². The predicted molar refractivity (Wildman–Crippen MR) is 50.0 cm³/mol. The lowest BCUT2D eigenvalue weighted by atomic mass is 10.3. The first-order chi connectivity index (χ1) is 5.99. The van der Waals surface area contributed by atoms with Crippen molar-refractivity contribution in [2.75, 3.05) is 20.1 Å². The Balaban J connectivity index is 3.92. The van der Waals surface area contributed by atoms with Crippen molar-refractivity contribution in [3.8, 4) is 0 Å². The lowest BCUT2D eigenvalue weighted by molar-refractivity contribution is -0.135. The number of amides is 2. The van der Waals surface area contributed by atoms with E-state index in [1.165, 1.54) is 4.90 Å². The maximum absolute atomic E-state index is 11.2. The van der Waals surface area contributed by atoms with Crippen LogP contribution in [0.3, 0.4) is 0 Å². The third kappa shape index (κ3) is 4.47. The number of nitrogens with one attached hydrogen (secondary N) is 1. The zero-order valence-electron chi connectivity index (χ0n) is 8.33. The first-order valence-corrected chi connectivity index (χ1v) is 4.26. The van der Waals surface area contributed by atoms with Gasteiger partial charge >= 0.3 is 0 Å². The highest BCUT2D eigenvalue weighted by Crippen LogP contribution is 1.88. The van der Waals surface area contributed by atoms with E-state index in [-0.39, 0.29) is 18.4 Å². The molecule has 0 bridgehead atoms. The van der Waals surface area contributed by atoms with Gasteiger partial charge in [-0.3, -0.25) is 9.59 Å². The van der Waals surface area contributed by atoms with Crippen molar-refractivity contribution in [1.29, 1.82) is 0 Å². The van der Waals surface area contributed by atoms with Crippen LogP contribution >= 0.6 is 0 Å². The van der Waals surface area contributed by atoms with Gasteiger partial charge in [0, 0.05) is 13.6 Å². The van der Waals surface area contributed by atoms with E-state index in [2.05, 4.69) is 5.32 Å². The van der Waals surface area contributed by atoms with Crippen molar-refractivity contribution in [1.82, 2.24) is 10.2 Å². The van der Waals surface area contributed by atoms with Crippen LogP contribution in [0.4, 0.5) is 0 Å². The van der Waals surface area contributed by atoms with Gasteiger partial charge in [0.05, 0.1) is 12.6 Å². The normalized spacial score (nSPS) is 12.0. The molecule has 76 valence electrons. The molecule has 0 aromatic carbocycles. The molecule has 2 amide bonds. The van der Waals surface area contributed by atoms with Crippen LogP contribution in [0.25, 0.3) is 0 Å². The molecule has 0 aromatic rings. The molecule has 0 heterocycles. The Labute approximate surface area is 78.3 Å². The van der Waals surface area contributed by atoms with E-state index in [1.54, 1.807) is 14.0 Å². The molecule has 0 fully saturated rings. The molecule has 0 aromatic heterocycles. The fourth-order valence-electron chi connectivity index (χ4n) is 0.894. The van der Waals surface area contributed by atoms with Crippen LogP contribution in [0, 0.1) is 0 Å². The maximum atomic E-state index is 11.2. The van der Waals surface area contributed by atoms with E-state index < -0.39 is 6.04 Å². The molecule has 1 atom stereocenters. The van der Waals surface area contributed by atoms with Crippen LogP contribution in [-0.2, 0) is 9.59 Å². The second-order valence-corrected chi connectivity index (χ2v) is 2.94. The molecule has 0 spiro atoms. The summed E-state index contributed by atoms with van der Waals surface area (Å²) in [6.45, 7) is 4.05. The maximum Gasteiger partial charge on any atom is 0.239 e. The van der Waals surface area contributed by atoms with Gasteiger partial charge in [-0.05, 0) is 13.8 Å². The predicted octanol–water partition coefficient (Wildman–Crippen LogP) is -1.07. The molecule has 0 aliphatic rings. The molecule has 0 aliphatic carbocycles. The number of hydrogen-bond donors (Lipinski definition) is 2. The van der Waals surface area contributed by atoms with Gasteiger partial charge in [0.15, 0.2) is 0 Å². The Bertz CT molecular complexity index is 192. The van der Waals surface area contributed by atoms with Crippen molar-refractivity contribution in [3.05, 3.63) is 0 Å². The Morgan fingerprint density at radius 2 is 2.08 bits per heavy atom. The molecule has 5 nitrogen and oxygen atoms in total. The molecule has 0 aliphatic heterocycles. The summed E-state index contributed by atoms with van der Waals surface area (Å²) in [5.74, 6) is -0.398. The summed E-state index contributed by atoms with van der Waals surface area (Å²) in [5, 5.41) is 2.60. The summed E-state index contributed by atoms with van der Waals surface area (Å²) >= 11 is 0. The SMILES string of the molecule is CCNC(=O)CN(C)C(=O)[C@@H](C)N.